The SMILES string of the molecule is CC(=O)O.CS(=O)(=O)OCC1CCCCC1. The second kappa shape index (κ2) is 7.62. The highest BCUT2D eigenvalue weighted by Crippen LogP contribution is 2.23. The van der Waals surface area contributed by atoms with Crippen LogP contribution < -0.4 is 0 Å². The Morgan fingerprint density at radius 3 is 2.12 bits per heavy atom. The van der Waals surface area contributed by atoms with E-state index in [1.54, 1.807) is 0 Å². The molecule has 1 fully saturated rings. The van der Waals surface area contributed by atoms with E-state index in [-0.39, 0.29) is 0 Å². The van der Waals surface area contributed by atoms with E-state index in [0.29, 0.717) is 12.5 Å². The predicted molar refractivity (Wildman–Crippen MR) is 60.7 cm³/mol. The summed E-state index contributed by atoms with van der Waals surface area (Å²) < 4.78 is 26.0. The summed E-state index contributed by atoms with van der Waals surface area (Å²) in [5, 5.41) is 7.42. The third kappa shape index (κ3) is 11.5. The zero-order valence-electron chi connectivity index (χ0n) is 9.81. The van der Waals surface area contributed by atoms with Gasteiger partial charge in [0.05, 0.1) is 12.9 Å². The number of rotatable bonds is 3. The minimum Gasteiger partial charge on any atom is -0.481 e. The fourth-order valence-electron chi connectivity index (χ4n) is 1.57. The van der Waals surface area contributed by atoms with Crippen LogP contribution >= 0.6 is 0 Å². The minimum atomic E-state index is -3.22. The van der Waals surface area contributed by atoms with Crippen LogP contribution in [0.15, 0.2) is 0 Å². The van der Waals surface area contributed by atoms with Crippen molar-refractivity contribution >= 4 is 16.1 Å². The third-order valence-electron chi connectivity index (χ3n) is 2.24. The van der Waals surface area contributed by atoms with Crippen LogP contribution in [0, 0.1) is 5.92 Å². The highest BCUT2D eigenvalue weighted by atomic mass is 32.2. The van der Waals surface area contributed by atoms with Gasteiger partial charge in [-0.05, 0) is 18.8 Å². The molecule has 0 atom stereocenters. The largest absolute Gasteiger partial charge is 0.481 e. The van der Waals surface area contributed by atoms with Crippen LogP contribution in [0.2, 0.25) is 0 Å². The van der Waals surface area contributed by atoms with Gasteiger partial charge in [-0.3, -0.25) is 8.98 Å². The van der Waals surface area contributed by atoms with Crippen molar-refractivity contribution in [2.24, 2.45) is 5.92 Å². The first-order chi connectivity index (χ1) is 7.31. The van der Waals surface area contributed by atoms with Gasteiger partial charge in [0, 0.05) is 6.92 Å². The monoisotopic (exact) mass is 252 g/mol. The van der Waals surface area contributed by atoms with Crippen molar-refractivity contribution in [3.8, 4) is 0 Å². The summed E-state index contributed by atoms with van der Waals surface area (Å²) in [6, 6.07) is 0. The maximum Gasteiger partial charge on any atom is 0.300 e. The van der Waals surface area contributed by atoms with Crippen LogP contribution in [0.1, 0.15) is 39.0 Å². The molecule has 0 aromatic heterocycles. The van der Waals surface area contributed by atoms with E-state index in [9.17, 15) is 8.42 Å². The average Bonchev–Trinajstić information content (AvgIpc) is 2.14. The summed E-state index contributed by atoms with van der Waals surface area (Å²) in [6.45, 7) is 1.47. The van der Waals surface area contributed by atoms with Gasteiger partial charge in [-0.1, -0.05) is 19.3 Å². The second-order valence-corrected chi connectivity index (χ2v) is 5.66. The first-order valence-electron chi connectivity index (χ1n) is 5.35. The normalized spacial score (nSPS) is 17.4. The molecule has 0 aliphatic heterocycles. The van der Waals surface area contributed by atoms with Crippen LogP contribution in [-0.4, -0.2) is 32.4 Å². The van der Waals surface area contributed by atoms with Gasteiger partial charge in [0.25, 0.3) is 16.1 Å². The van der Waals surface area contributed by atoms with Gasteiger partial charge < -0.3 is 5.11 Å². The smallest absolute Gasteiger partial charge is 0.300 e. The van der Waals surface area contributed by atoms with Crippen molar-refractivity contribution in [3.63, 3.8) is 0 Å². The molecule has 0 spiro atoms. The lowest BCUT2D eigenvalue weighted by molar-refractivity contribution is -0.134. The molecule has 1 saturated carbocycles. The first-order valence-corrected chi connectivity index (χ1v) is 7.17. The molecule has 0 amide bonds. The van der Waals surface area contributed by atoms with Gasteiger partial charge in [-0.2, -0.15) is 8.42 Å². The van der Waals surface area contributed by atoms with Crippen LogP contribution in [0.4, 0.5) is 0 Å². The van der Waals surface area contributed by atoms with Gasteiger partial charge in [-0.25, -0.2) is 0 Å². The molecule has 6 heteroatoms. The van der Waals surface area contributed by atoms with Gasteiger partial charge in [0.2, 0.25) is 0 Å². The molecule has 0 aromatic rings. The van der Waals surface area contributed by atoms with E-state index in [4.69, 9.17) is 14.1 Å². The average molecular weight is 252 g/mol. The van der Waals surface area contributed by atoms with E-state index in [0.717, 1.165) is 26.0 Å². The van der Waals surface area contributed by atoms with Gasteiger partial charge >= 0.3 is 0 Å². The molecule has 96 valence electrons. The van der Waals surface area contributed by atoms with Crippen LogP contribution in [-0.2, 0) is 19.1 Å². The van der Waals surface area contributed by atoms with E-state index < -0.39 is 16.1 Å². The van der Waals surface area contributed by atoms with Crippen molar-refractivity contribution in [1.29, 1.82) is 0 Å². The molecule has 1 aliphatic rings. The lowest BCUT2D eigenvalue weighted by atomic mass is 9.90. The minimum absolute atomic E-state index is 0.388. The molecule has 5 nitrogen and oxygen atoms in total. The lowest BCUT2D eigenvalue weighted by Gasteiger charge is -2.20. The summed E-state index contributed by atoms with van der Waals surface area (Å²) in [6.07, 6.45) is 7.08. The summed E-state index contributed by atoms with van der Waals surface area (Å²) in [5.74, 6) is -0.367. The molecule has 0 saturated heterocycles. The zero-order chi connectivity index (χ0) is 12.6. The maximum atomic E-state index is 10.7. The van der Waals surface area contributed by atoms with Crippen molar-refractivity contribution in [2.45, 2.75) is 39.0 Å². The molecular weight excluding hydrogens is 232 g/mol. The van der Waals surface area contributed by atoms with Crippen molar-refractivity contribution in [1.82, 2.24) is 0 Å². The van der Waals surface area contributed by atoms with E-state index in [1.165, 1.54) is 19.3 Å². The molecule has 1 N–H and O–H groups in total. The summed E-state index contributed by atoms with van der Waals surface area (Å²) in [7, 11) is -3.22. The maximum absolute atomic E-state index is 10.7. The van der Waals surface area contributed by atoms with E-state index >= 15 is 0 Å². The van der Waals surface area contributed by atoms with E-state index in [1.807, 2.05) is 0 Å². The number of aliphatic carboxylic acids is 1. The number of carboxylic acid groups (broad SMARTS) is 1. The predicted octanol–water partition coefficient (Wildman–Crippen LogP) is 1.63. The Morgan fingerprint density at radius 2 is 1.75 bits per heavy atom. The highest BCUT2D eigenvalue weighted by molar-refractivity contribution is 7.85. The summed E-state index contributed by atoms with van der Waals surface area (Å²) in [5.41, 5.74) is 0. The standard InChI is InChI=1S/C8H16O3S.C2H4O2/c1-12(9,10)11-7-8-5-3-2-4-6-8;1-2(3)4/h8H,2-7H2,1H3;1H3,(H,3,4). The van der Waals surface area contributed by atoms with Gasteiger partial charge in [-0.15, -0.1) is 0 Å². The fourth-order valence-corrected chi connectivity index (χ4v) is 2.01. The summed E-state index contributed by atoms with van der Waals surface area (Å²) >= 11 is 0. The second-order valence-electron chi connectivity index (χ2n) is 4.01. The molecule has 0 aromatic carbocycles. The van der Waals surface area contributed by atoms with Crippen LogP contribution in [0.25, 0.3) is 0 Å². The van der Waals surface area contributed by atoms with Gasteiger partial charge in [0.15, 0.2) is 0 Å². The quantitative estimate of drug-likeness (QED) is 0.772. The number of carbonyl (C=O) groups is 1. The molecule has 0 radical (unpaired) electrons. The van der Waals surface area contributed by atoms with Crippen LogP contribution in [0.5, 0.6) is 0 Å². The molecule has 0 heterocycles. The van der Waals surface area contributed by atoms with Crippen molar-refractivity contribution in [3.05, 3.63) is 0 Å². The first kappa shape index (κ1) is 15.4. The lowest BCUT2D eigenvalue weighted by Crippen LogP contribution is -2.16. The van der Waals surface area contributed by atoms with Crippen LogP contribution in [0.3, 0.4) is 0 Å². The molecule has 0 unspecified atom stereocenters. The molecule has 16 heavy (non-hydrogen) atoms. The summed E-state index contributed by atoms with van der Waals surface area (Å²) in [4.78, 5) is 9.00. The third-order valence-corrected chi connectivity index (χ3v) is 2.81. The molecule has 1 aliphatic carbocycles. The van der Waals surface area contributed by atoms with E-state index in [2.05, 4.69) is 0 Å². The van der Waals surface area contributed by atoms with Crippen molar-refractivity contribution < 1.29 is 22.5 Å². The molecule has 1 rings (SSSR count). The number of hydrogen-bond donors (Lipinski definition) is 1. The van der Waals surface area contributed by atoms with Crippen molar-refractivity contribution in [2.75, 3.05) is 12.9 Å². The number of carboxylic acids is 1. The Kier molecular flexibility index (Phi) is 7.33. The zero-order valence-corrected chi connectivity index (χ0v) is 10.6. The Balaban J connectivity index is 0.000000487. The topological polar surface area (TPSA) is 80.7 Å². The fraction of sp³-hybridized carbons (Fsp3) is 0.900. The Bertz CT molecular complexity index is 286. The molecular formula is C10H20O5S. The Morgan fingerprint density at radius 1 is 1.31 bits per heavy atom. The highest BCUT2D eigenvalue weighted by Gasteiger charge is 2.15. The Hall–Kier alpha value is -0.620. The Labute approximate surface area is 96.9 Å². The number of hydrogen-bond acceptors (Lipinski definition) is 4. The van der Waals surface area contributed by atoms with Gasteiger partial charge in [0.1, 0.15) is 0 Å². The molecule has 0 bridgehead atoms.